The third-order valence-corrected chi connectivity index (χ3v) is 6.76. The maximum atomic E-state index is 11.2. The summed E-state index contributed by atoms with van der Waals surface area (Å²) in [5, 5.41) is 6.35. The molecule has 1 aromatic rings. The van der Waals surface area contributed by atoms with Crippen LogP contribution in [0.1, 0.15) is 44.6 Å². The Morgan fingerprint density at radius 3 is 2.85 bits per heavy atom. The maximum absolute atomic E-state index is 11.2. The van der Waals surface area contributed by atoms with Crippen LogP contribution in [0.2, 0.25) is 0 Å². The summed E-state index contributed by atoms with van der Waals surface area (Å²) in [5.41, 5.74) is 1.97. The lowest BCUT2D eigenvalue weighted by Gasteiger charge is -2.45. The van der Waals surface area contributed by atoms with E-state index in [1.807, 2.05) is 25.2 Å². The van der Waals surface area contributed by atoms with E-state index in [0.717, 1.165) is 30.3 Å². The topological polar surface area (TPSA) is 56.7 Å². The van der Waals surface area contributed by atoms with Crippen LogP contribution in [0.15, 0.2) is 29.3 Å². The fraction of sp³-hybridized carbons (Fsp3) is 0.600. The fourth-order valence-corrected chi connectivity index (χ4v) is 5.57. The van der Waals surface area contributed by atoms with Crippen LogP contribution in [0.5, 0.6) is 0 Å². The Labute approximate surface area is 161 Å². The van der Waals surface area contributed by atoms with Gasteiger partial charge in [0.25, 0.3) is 0 Å². The average Bonchev–Trinajstić information content (AvgIpc) is 2.63. The van der Waals surface area contributed by atoms with E-state index in [2.05, 4.69) is 38.4 Å². The molecule has 1 aliphatic carbocycles. The van der Waals surface area contributed by atoms with Crippen LogP contribution >= 0.6 is 11.8 Å². The van der Waals surface area contributed by atoms with E-state index in [4.69, 9.17) is 0 Å². The summed E-state index contributed by atoms with van der Waals surface area (Å²) in [6.45, 7) is 4.39. The van der Waals surface area contributed by atoms with Gasteiger partial charge < -0.3 is 15.5 Å². The molecule has 5 nitrogen and oxygen atoms in total. The van der Waals surface area contributed by atoms with Gasteiger partial charge in [-0.3, -0.25) is 9.79 Å². The lowest BCUT2D eigenvalue weighted by molar-refractivity contribution is -0.114. The molecular formula is C20H30N4OS. The highest BCUT2D eigenvalue weighted by Crippen LogP contribution is 2.42. The first-order chi connectivity index (χ1) is 12.6. The van der Waals surface area contributed by atoms with Gasteiger partial charge in [0.05, 0.1) is 0 Å². The highest BCUT2D eigenvalue weighted by Gasteiger charge is 2.38. The number of nitrogens with one attached hydrogen (secondary N) is 2. The van der Waals surface area contributed by atoms with Crippen LogP contribution in [-0.4, -0.2) is 47.4 Å². The lowest BCUT2D eigenvalue weighted by Crippen LogP contribution is -2.53. The van der Waals surface area contributed by atoms with Crippen molar-refractivity contribution in [1.29, 1.82) is 0 Å². The number of guanidine groups is 1. The van der Waals surface area contributed by atoms with Gasteiger partial charge in [-0.2, -0.15) is 11.8 Å². The highest BCUT2D eigenvalue weighted by atomic mass is 32.2. The van der Waals surface area contributed by atoms with Gasteiger partial charge in [-0.05, 0) is 30.5 Å². The molecular weight excluding hydrogens is 344 g/mol. The number of carbonyl (C=O) groups excluding carboxylic acids is 1. The molecule has 1 saturated heterocycles. The second-order valence-electron chi connectivity index (χ2n) is 7.30. The zero-order valence-electron chi connectivity index (χ0n) is 15.9. The van der Waals surface area contributed by atoms with Crippen molar-refractivity contribution in [3.8, 4) is 0 Å². The number of aliphatic imine (C=N–C) groups is 1. The minimum Gasteiger partial charge on any atom is -0.352 e. The largest absolute Gasteiger partial charge is 0.352 e. The summed E-state index contributed by atoms with van der Waals surface area (Å²) in [5.74, 6) is 2.12. The molecule has 1 aromatic carbocycles. The molecule has 0 radical (unpaired) electrons. The molecule has 0 bridgehead atoms. The molecule has 0 atom stereocenters. The zero-order chi connectivity index (χ0) is 18.4. The van der Waals surface area contributed by atoms with E-state index in [9.17, 15) is 4.79 Å². The van der Waals surface area contributed by atoms with Gasteiger partial charge in [-0.25, -0.2) is 0 Å². The zero-order valence-corrected chi connectivity index (χ0v) is 16.7. The Bertz CT molecular complexity index is 649. The molecule has 1 spiro atoms. The normalized spacial score (nSPS) is 20.1. The number of benzene rings is 1. The van der Waals surface area contributed by atoms with Crippen molar-refractivity contribution in [2.75, 3.05) is 31.2 Å². The molecule has 6 heteroatoms. The van der Waals surface area contributed by atoms with Crippen molar-refractivity contribution < 1.29 is 4.79 Å². The van der Waals surface area contributed by atoms with Crippen LogP contribution in [-0.2, 0) is 11.3 Å². The molecule has 1 aliphatic heterocycles. The molecule has 2 aliphatic rings. The number of amides is 1. The Hall–Kier alpha value is -1.69. The van der Waals surface area contributed by atoms with Gasteiger partial charge in [0.1, 0.15) is 0 Å². The first kappa shape index (κ1) is 19.1. The summed E-state index contributed by atoms with van der Waals surface area (Å²) >= 11 is 2.18. The number of rotatable bonds is 3. The van der Waals surface area contributed by atoms with Crippen molar-refractivity contribution in [1.82, 2.24) is 10.2 Å². The summed E-state index contributed by atoms with van der Waals surface area (Å²) in [7, 11) is 1.87. The summed E-state index contributed by atoms with van der Waals surface area (Å²) < 4.78 is 0.430. The lowest BCUT2D eigenvalue weighted by atomic mass is 9.87. The van der Waals surface area contributed by atoms with E-state index >= 15 is 0 Å². The SMILES string of the molecule is CN=C(NCc1cccc(NC(C)=O)c1)N1CCSC2(CCCCC2)C1. The number of nitrogens with zero attached hydrogens (tertiary/aromatic N) is 2. The van der Waals surface area contributed by atoms with Crippen LogP contribution in [0.25, 0.3) is 0 Å². The fourth-order valence-electron chi connectivity index (χ4n) is 4.00. The number of anilines is 1. The second-order valence-corrected chi connectivity index (χ2v) is 8.86. The monoisotopic (exact) mass is 374 g/mol. The van der Waals surface area contributed by atoms with Crippen LogP contribution in [0.3, 0.4) is 0 Å². The number of hydrogen-bond donors (Lipinski definition) is 2. The average molecular weight is 375 g/mol. The van der Waals surface area contributed by atoms with E-state index < -0.39 is 0 Å². The summed E-state index contributed by atoms with van der Waals surface area (Å²) in [6.07, 6.45) is 6.79. The number of hydrogen-bond acceptors (Lipinski definition) is 3. The predicted molar refractivity (Wildman–Crippen MR) is 111 cm³/mol. The third-order valence-electron chi connectivity index (χ3n) is 5.22. The molecule has 0 unspecified atom stereocenters. The minimum absolute atomic E-state index is 0.0467. The molecule has 0 aromatic heterocycles. The molecule has 1 saturated carbocycles. The number of carbonyl (C=O) groups is 1. The summed E-state index contributed by atoms with van der Waals surface area (Å²) in [4.78, 5) is 18.2. The van der Waals surface area contributed by atoms with E-state index in [1.54, 1.807) is 0 Å². The molecule has 26 heavy (non-hydrogen) atoms. The standard InChI is InChI=1S/C20H30N4OS/c1-16(25)23-18-8-6-7-17(13-18)14-22-19(21-2)24-11-12-26-20(15-24)9-4-3-5-10-20/h6-8,13H,3-5,9-12,14-15H2,1-2H3,(H,21,22)(H,23,25). The van der Waals surface area contributed by atoms with Crippen molar-refractivity contribution in [2.45, 2.75) is 50.3 Å². The Kier molecular flexibility index (Phi) is 6.46. The van der Waals surface area contributed by atoms with Crippen molar-refractivity contribution >= 4 is 29.3 Å². The molecule has 2 N–H and O–H groups in total. The van der Waals surface area contributed by atoms with Gasteiger partial charge in [-0.1, -0.05) is 31.4 Å². The van der Waals surface area contributed by atoms with Gasteiger partial charge in [0.15, 0.2) is 5.96 Å². The molecule has 3 rings (SSSR count). The molecule has 142 valence electrons. The van der Waals surface area contributed by atoms with Gasteiger partial charge in [-0.15, -0.1) is 0 Å². The van der Waals surface area contributed by atoms with Crippen LogP contribution in [0, 0.1) is 0 Å². The van der Waals surface area contributed by atoms with Crippen molar-refractivity contribution in [3.63, 3.8) is 0 Å². The van der Waals surface area contributed by atoms with E-state index in [0.29, 0.717) is 11.3 Å². The van der Waals surface area contributed by atoms with Crippen LogP contribution < -0.4 is 10.6 Å². The molecule has 1 heterocycles. The first-order valence-corrected chi connectivity index (χ1v) is 10.5. The quantitative estimate of drug-likeness (QED) is 0.628. The molecule has 1 amide bonds. The highest BCUT2D eigenvalue weighted by molar-refractivity contribution is 8.00. The van der Waals surface area contributed by atoms with Gasteiger partial charge >= 0.3 is 0 Å². The predicted octanol–water partition coefficient (Wildman–Crippen LogP) is 3.47. The van der Waals surface area contributed by atoms with Gasteiger partial charge in [0, 0.05) is 49.8 Å². The van der Waals surface area contributed by atoms with E-state index in [-0.39, 0.29) is 5.91 Å². The molecule has 2 fully saturated rings. The third kappa shape index (κ3) is 4.93. The van der Waals surface area contributed by atoms with Gasteiger partial charge in [0.2, 0.25) is 5.91 Å². The Morgan fingerprint density at radius 1 is 1.31 bits per heavy atom. The number of thioether (sulfide) groups is 1. The van der Waals surface area contributed by atoms with Crippen molar-refractivity contribution in [2.24, 2.45) is 4.99 Å². The van der Waals surface area contributed by atoms with E-state index in [1.165, 1.54) is 44.8 Å². The van der Waals surface area contributed by atoms with Crippen molar-refractivity contribution in [3.05, 3.63) is 29.8 Å². The Morgan fingerprint density at radius 2 is 2.12 bits per heavy atom. The first-order valence-electron chi connectivity index (χ1n) is 9.56. The second kappa shape index (κ2) is 8.80. The van der Waals surface area contributed by atoms with Crippen LogP contribution in [0.4, 0.5) is 5.69 Å². The Balaban J connectivity index is 1.60. The summed E-state index contributed by atoms with van der Waals surface area (Å²) in [6, 6.07) is 7.96. The smallest absolute Gasteiger partial charge is 0.221 e. The minimum atomic E-state index is -0.0467. The maximum Gasteiger partial charge on any atom is 0.221 e.